The number of fused-ring (bicyclic) bond motifs is 1. The number of benzene rings is 1. The second kappa shape index (κ2) is 4.25. The first-order chi connectivity index (χ1) is 9.00. The molecule has 0 radical (unpaired) electrons. The number of rotatable bonds is 1. The zero-order chi connectivity index (χ0) is 13.7. The largest absolute Gasteiger partial charge is 0.329 e. The number of aromatic amines is 1. The Morgan fingerprint density at radius 3 is 2.79 bits per heavy atom. The maximum Gasteiger partial charge on any atom is 0.275 e. The standard InChI is InChI=1S/C13H11Cl2N3O/c1-6-10-11(17-16-6)13(19)18(2)12(10)8-4-3-7(14)5-9(8)15/h3-5,12H,1-2H3,(H,16,17)/t12-/m1/s1. The Bertz CT molecular complexity index is 681. The first-order valence-electron chi connectivity index (χ1n) is 5.77. The van der Waals surface area contributed by atoms with E-state index in [1.165, 1.54) is 0 Å². The van der Waals surface area contributed by atoms with Crippen LogP contribution in [-0.2, 0) is 0 Å². The normalized spacial score (nSPS) is 18.0. The van der Waals surface area contributed by atoms with Gasteiger partial charge in [0, 0.05) is 28.4 Å². The summed E-state index contributed by atoms with van der Waals surface area (Å²) in [5, 5.41) is 8.04. The highest BCUT2D eigenvalue weighted by Gasteiger charge is 2.39. The fraction of sp³-hybridized carbons (Fsp3) is 0.231. The molecule has 6 heteroatoms. The Balaban J connectivity index is 2.20. The number of carbonyl (C=O) groups is 1. The number of aryl methyl sites for hydroxylation is 1. The minimum Gasteiger partial charge on any atom is -0.329 e. The van der Waals surface area contributed by atoms with Crippen molar-refractivity contribution in [2.24, 2.45) is 0 Å². The van der Waals surface area contributed by atoms with E-state index in [-0.39, 0.29) is 11.9 Å². The van der Waals surface area contributed by atoms with Crippen LogP contribution < -0.4 is 0 Å². The molecule has 1 aromatic heterocycles. The fourth-order valence-corrected chi connectivity index (χ4v) is 3.01. The van der Waals surface area contributed by atoms with Crippen molar-refractivity contribution in [2.45, 2.75) is 13.0 Å². The summed E-state index contributed by atoms with van der Waals surface area (Å²) in [7, 11) is 1.75. The van der Waals surface area contributed by atoms with E-state index >= 15 is 0 Å². The predicted octanol–water partition coefficient (Wildman–Crippen LogP) is 3.20. The summed E-state index contributed by atoms with van der Waals surface area (Å²) in [5.74, 6) is -0.102. The van der Waals surface area contributed by atoms with Crippen molar-refractivity contribution in [3.63, 3.8) is 0 Å². The highest BCUT2D eigenvalue weighted by Crippen LogP contribution is 2.41. The van der Waals surface area contributed by atoms with E-state index in [4.69, 9.17) is 23.2 Å². The predicted molar refractivity (Wildman–Crippen MR) is 73.7 cm³/mol. The molecule has 1 N–H and O–H groups in total. The Morgan fingerprint density at radius 1 is 1.37 bits per heavy atom. The molecule has 4 nitrogen and oxygen atoms in total. The Labute approximate surface area is 120 Å². The molecule has 1 aromatic carbocycles. The number of aromatic nitrogens is 2. The van der Waals surface area contributed by atoms with Crippen molar-refractivity contribution in [1.82, 2.24) is 15.1 Å². The van der Waals surface area contributed by atoms with Crippen LogP contribution in [0, 0.1) is 6.92 Å². The molecular formula is C13H11Cl2N3O. The Morgan fingerprint density at radius 2 is 2.11 bits per heavy atom. The molecule has 0 fully saturated rings. The van der Waals surface area contributed by atoms with E-state index in [9.17, 15) is 4.79 Å². The van der Waals surface area contributed by atoms with E-state index in [0.29, 0.717) is 15.7 Å². The number of nitrogens with zero attached hydrogens (tertiary/aromatic N) is 2. The summed E-state index contributed by atoms with van der Waals surface area (Å²) >= 11 is 12.2. The molecule has 3 rings (SSSR count). The van der Waals surface area contributed by atoms with Gasteiger partial charge in [-0.05, 0) is 24.6 Å². The van der Waals surface area contributed by atoms with Crippen LogP contribution in [0.2, 0.25) is 10.0 Å². The lowest BCUT2D eigenvalue weighted by Crippen LogP contribution is -2.25. The molecule has 0 saturated heterocycles. The van der Waals surface area contributed by atoms with E-state index in [0.717, 1.165) is 16.8 Å². The molecule has 0 unspecified atom stereocenters. The summed E-state index contributed by atoms with van der Waals surface area (Å²) < 4.78 is 0. The second-order valence-electron chi connectivity index (χ2n) is 4.60. The van der Waals surface area contributed by atoms with Crippen molar-refractivity contribution < 1.29 is 4.79 Å². The summed E-state index contributed by atoms with van der Waals surface area (Å²) in [4.78, 5) is 13.8. The quantitative estimate of drug-likeness (QED) is 0.878. The van der Waals surface area contributed by atoms with Gasteiger partial charge in [0.15, 0.2) is 5.69 Å². The third-order valence-electron chi connectivity index (χ3n) is 3.44. The van der Waals surface area contributed by atoms with Gasteiger partial charge in [-0.25, -0.2) is 0 Å². The van der Waals surface area contributed by atoms with Gasteiger partial charge < -0.3 is 4.90 Å². The highest BCUT2D eigenvalue weighted by molar-refractivity contribution is 6.35. The lowest BCUT2D eigenvalue weighted by Gasteiger charge is -2.22. The minimum absolute atomic E-state index is 0.102. The maximum atomic E-state index is 12.1. The molecule has 1 aliphatic rings. The lowest BCUT2D eigenvalue weighted by atomic mass is 9.99. The summed E-state index contributed by atoms with van der Waals surface area (Å²) in [6.07, 6.45) is 0. The molecule has 0 spiro atoms. The first kappa shape index (κ1) is 12.5. The number of halogens is 2. The SMILES string of the molecule is Cc1[nH]nc2c1[C@@H](c1ccc(Cl)cc1Cl)N(C)C2=O. The van der Waals surface area contributed by atoms with Crippen LogP contribution >= 0.6 is 23.2 Å². The zero-order valence-corrected chi connectivity index (χ0v) is 11.9. The second-order valence-corrected chi connectivity index (χ2v) is 5.44. The summed E-state index contributed by atoms with van der Waals surface area (Å²) in [5.41, 5.74) is 3.08. The third-order valence-corrected chi connectivity index (χ3v) is 4.00. The molecule has 2 heterocycles. The number of hydrogen-bond acceptors (Lipinski definition) is 2. The van der Waals surface area contributed by atoms with Gasteiger partial charge in [-0.2, -0.15) is 5.10 Å². The van der Waals surface area contributed by atoms with Crippen LogP contribution in [-0.4, -0.2) is 28.1 Å². The molecule has 98 valence electrons. The van der Waals surface area contributed by atoms with Crippen LogP contribution in [0.25, 0.3) is 0 Å². The van der Waals surface area contributed by atoms with Crippen LogP contribution in [0.3, 0.4) is 0 Å². The molecule has 1 atom stereocenters. The van der Waals surface area contributed by atoms with E-state index in [1.54, 1.807) is 24.1 Å². The van der Waals surface area contributed by atoms with Gasteiger partial charge in [-0.15, -0.1) is 0 Å². The topological polar surface area (TPSA) is 49.0 Å². The van der Waals surface area contributed by atoms with Gasteiger partial charge in [-0.3, -0.25) is 9.89 Å². The molecule has 0 saturated carbocycles. The van der Waals surface area contributed by atoms with Crippen LogP contribution in [0.15, 0.2) is 18.2 Å². The average Bonchev–Trinajstić information content (AvgIpc) is 2.83. The van der Waals surface area contributed by atoms with E-state index in [1.807, 2.05) is 13.0 Å². The Kier molecular flexibility index (Phi) is 2.80. The van der Waals surface area contributed by atoms with Crippen LogP contribution in [0.5, 0.6) is 0 Å². The monoisotopic (exact) mass is 295 g/mol. The van der Waals surface area contributed by atoms with E-state index in [2.05, 4.69) is 10.2 Å². The smallest absolute Gasteiger partial charge is 0.275 e. The number of H-pyrrole nitrogens is 1. The Hall–Kier alpha value is -1.52. The highest BCUT2D eigenvalue weighted by atomic mass is 35.5. The summed E-state index contributed by atoms with van der Waals surface area (Å²) in [6.45, 7) is 1.90. The van der Waals surface area contributed by atoms with Gasteiger partial charge in [0.2, 0.25) is 0 Å². The number of nitrogens with one attached hydrogen (secondary N) is 1. The number of hydrogen-bond donors (Lipinski definition) is 1. The minimum atomic E-state index is -0.217. The zero-order valence-electron chi connectivity index (χ0n) is 10.4. The molecule has 0 aliphatic carbocycles. The summed E-state index contributed by atoms with van der Waals surface area (Å²) in [6, 6.07) is 5.09. The average molecular weight is 296 g/mol. The maximum absolute atomic E-state index is 12.1. The van der Waals surface area contributed by atoms with Gasteiger partial charge in [0.05, 0.1) is 6.04 Å². The van der Waals surface area contributed by atoms with Gasteiger partial charge in [-0.1, -0.05) is 29.3 Å². The van der Waals surface area contributed by atoms with Crippen molar-refractivity contribution in [3.8, 4) is 0 Å². The van der Waals surface area contributed by atoms with E-state index < -0.39 is 0 Å². The van der Waals surface area contributed by atoms with Crippen molar-refractivity contribution in [3.05, 3.63) is 50.8 Å². The van der Waals surface area contributed by atoms with Crippen LogP contribution in [0.1, 0.15) is 33.4 Å². The van der Waals surface area contributed by atoms with Crippen molar-refractivity contribution in [2.75, 3.05) is 7.05 Å². The molecule has 2 aromatic rings. The molecule has 1 amide bonds. The van der Waals surface area contributed by atoms with Gasteiger partial charge in [0.25, 0.3) is 5.91 Å². The molecular weight excluding hydrogens is 285 g/mol. The van der Waals surface area contributed by atoms with Crippen LogP contribution in [0.4, 0.5) is 0 Å². The van der Waals surface area contributed by atoms with Gasteiger partial charge >= 0.3 is 0 Å². The number of amides is 1. The first-order valence-corrected chi connectivity index (χ1v) is 6.53. The molecule has 19 heavy (non-hydrogen) atoms. The molecule has 1 aliphatic heterocycles. The van der Waals surface area contributed by atoms with Crippen molar-refractivity contribution in [1.29, 1.82) is 0 Å². The number of carbonyl (C=O) groups excluding carboxylic acids is 1. The third kappa shape index (κ3) is 1.75. The lowest BCUT2D eigenvalue weighted by molar-refractivity contribution is 0.0787. The van der Waals surface area contributed by atoms with Gasteiger partial charge in [0.1, 0.15) is 0 Å². The molecule has 0 bridgehead atoms. The van der Waals surface area contributed by atoms with Crippen molar-refractivity contribution >= 4 is 29.1 Å². The fourth-order valence-electron chi connectivity index (χ4n) is 2.50.